The van der Waals surface area contributed by atoms with Gasteiger partial charge in [-0.2, -0.15) is 13.2 Å². The van der Waals surface area contributed by atoms with Crippen molar-refractivity contribution >= 4 is 35.6 Å². The van der Waals surface area contributed by atoms with Crippen LogP contribution in [-0.2, 0) is 11.0 Å². The molecule has 0 bridgehead atoms. The van der Waals surface area contributed by atoms with E-state index < -0.39 is 17.6 Å². The molecule has 1 atom stereocenters. The third kappa shape index (κ3) is 5.46. The number of halogens is 4. The van der Waals surface area contributed by atoms with E-state index in [2.05, 4.69) is 16.0 Å². The van der Waals surface area contributed by atoms with Crippen LogP contribution in [0.3, 0.4) is 0 Å². The Morgan fingerprint density at radius 3 is 2.32 bits per heavy atom. The smallest absolute Gasteiger partial charge is 0.326 e. The van der Waals surface area contributed by atoms with Crippen LogP contribution in [-0.4, -0.2) is 24.9 Å². The molecule has 150 valence electrons. The fourth-order valence-electron chi connectivity index (χ4n) is 2.84. The summed E-state index contributed by atoms with van der Waals surface area (Å²) in [4.78, 5) is 24.5. The van der Waals surface area contributed by atoms with Gasteiger partial charge < -0.3 is 16.0 Å². The maximum Gasteiger partial charge on any atom is 0.416 e. The molecule has 2 aromatic carbocycles. The maximum absolute atomic E-state index is 12.8. The summed E-state index contributed by atoms with van der Waals surface area (Å²) in [5, 5.41) is 8.32. The number of carbonyl (C=O) groups excluding carboxylic acids is 2. The highest BCUT2D eigenvalue weighted by Crippen LogP contribution is 2.30. The highest BCUT2D eigenvalue weighted by atomic mass is 35.5. The van der Waals surface area contributed by atoms with Crippen molar-refractivity contribution in [2.75, 3.05) is 23.7 Å². The molecule has 0 radical (unpaired) electrons. The second-order valence-electron chi connectivity index (χ2n) is 6.29. The molecule has 1 aliphatic rings. The molecular formula is C19H19ClF3N3O2. The minimum absolute atomic E-state index is 0. The highest BCUT2D eigenvalue weighted by molar-refractivity contribution is 6.05. The molecule has 0 saturated carbocycles. The van der Waals surface area contributed by atoms with Gasteiger partial charge in [-0.3, -0.25) is 9.59 Å². The molecule has 2 aromatic rings. The van der Waals surface area contributed by atoms with Crippen LogP contribution in [0.4, 0.5) is 24.5 Å². The van der Waals surface area contributed by atoms with Crippen LogP contribution in [0, 0.1) is 5.92 Å². The van der Waals surface area contributed by atoms with E-state index in [0.29, 0.717) is 12.2 Å². The Bertz CT molecular complexity index is 852. The number of anilines is 2. The Kier molecular flexibility index (Phi) is 7.04. The largest absolute Gasteiger partial charge is 0.416 e. The standard InChI is InChI=1S/C19H18F3N3O2.ClH/c20-19(21,22)14-4-2-6-16(10-14)25-17(26)12-3-1-5-15(9-12)24-18(27)13-7-8-23-11-13;/h1-6,9-10,13,23H,7-8,11H2,(H,24,27)(H,25,26);1H. The van der Waals surface area contributed by atoms with Gasteiger partial charge >= 0.3 is 6.18 Å². The van der Waals surface area contributed by atoms with Crippen LogP contribution in [0.1, 0.15) is 22.3 Å². The topological polar surface area (TPSA) is 70.2 Å². The first-order chi connectivity index (χ1) is 12.8. The summed E-state index contributed by atoms with van der Waals surface area (Å²) in [6, 6.07) is 10.7. The van der Waals surface area contributed by atoms with Gasteiger partial charge in [0.2, 0.25) is 5.91 Å². The predicted molar refractivity (Wildman–Crippen MR) is 103 cm³/mol. The van der Waals surface area contributed by atoms with Gasteiger partial charge in [-0.1, -0.05) is 12.1 Å². The van der Waals surface area contributed by atoms with Crippen LogP contribution in [0.25, 0.3) is 0 Å². The van der Waals surface area contributed by atoms with Crippen molar-refractivity contribution in [1.29, 1.82) is 0 Å². The van der Waals surface area contributed by atoms with E-state index in [0.717, 1.165) is 25.1 Å². The van der Waals surface area contributed by atoms with Crippen molar-refractivity contribution < 1.29 is 22.8 Å². The van der Waals surface area contributed by atoms with Crippen molar-refractivity contribution in [1.82, 2.24) is 5.32 Å². The molecule has 1 heterocycles. The monoisotopic (exact) mass is 413 g/mol. The van der Waals surface area contributed by atoms with E-state index >= 15 is 0 Å². The van der Waals surface area contributed by atoms with Crippen LogP contribution in [0.5, 0.6) is 0 Å². The number of carbonyl (C=O) groups is 2. The van der Waals surface area contributed by atoms with E-state index in [1.54, 1.807) is 12.1 Å². The van der Waals surface area contributed by atoms with Crippen molar-refractivity contribution in [3.63, 3.8) is 0 Å². The number of nitrogens with one attached hydrogen (secondary N) is 3. The van der Waals surface area contributed by atoms with E-state index in [9.17, 15) is 22.8 Å². The highest BCUT2D eigenvalue weighted by Gasteiger charge is 2.30. The predicted octanol–water partition coefficient (Wildman–Crippen LogP) is 3.93. The van der Waals surface area contributed by atoms with E-state index in [-0.39, 0.29) is 35.5 Å². The normalized spacial score (nSPS) is 16.2. The molecule has 1 unspecified atom stereocenters. The first-order valence-electron chi connectivity index (χ1n) is 8.43. The molecule has 3 N–H and O–H groups in total. The summed E-state index contributed by atoms with van der Waals surface area (Å²) in [6.45, 7) is 1.40. The first kappa shape index (κ1) is 21.7. The zero-order valence-electron chi connectivity index (χ0n) is 14.7. The molecule has 1 saturated heterocycles. The molecule has 1 fully saturated rings. The van der Waals surface area contributed by atoms with Gasteiger partial charge in [0.15, 0.2) is 0 Å². The summed E-state index contributed by atoms with van der Waals surface area (Å²) in [7, 11) is 0. The fourth-order valence-corrected chi connectivity index (χ4v) is 2.84. The van der Waals surface area contributed by atoms with Crippen molar-refractivity contribution in [2.24, 2.45) is 5.92 Å². The molecule has 1 aliphatic heterocycles. The molecule has 28 heavy (non-hydrogen) atoms. The second kappa shape index (κ2) is 9.07. The van der Waals surface area contributed by atoms with Crippen molar-refractivity contribution in [2.45, 2.75) is 12.6 Å². The summed E-state index contributed by atoms with van der Waals surface area (Å²) >= 11 is 0. The van der Waals surface area contributed by atoms with Crippen LogP contribution >= 0.6 is 12.4 Å². The number of hydrogen-bond acceptors (Lipinski definition) is 3. The third-order valence-corrected chi connectivity index (χ3v) is 4.27. The zero-order valence-corrected chi connectivity index (χ0v) is 15.5. The average molecular weight is 414 g/mol. The van der Waals surface area contributed by atoms with Crippen LogP contribution in [0.2, 0.25) is 0 Å². The molecule has 0 spiro atoms. The summed E-state index contributed by atoms with van der Waals surface area (Å²) in [5.41, 5.74) is -0.105. The number of benzene rings is 2. The van der Waals surface area contributed by atoms with Gasteiger partial charge in [0.05, 0.1) is 11.5 Å². The van der Waals surface area contributed by atoms with Crippen molar-refractivity contribution in [3.05, 3.63) is 59.7 Å². The molecule has 0 aromatic heterocycles. The number of alkyl halides is 3. The number of amides is 2. The van der Waals surface area contributed by atoms with Gasteiger partial charge in [0.1, 0.15) is 0 Å². The fraction of sp³-hybridized carbons (Fsp3) is 0.263. The van der Waals surface area contributed by atoms with E-state index in [4.69, 9.17) is 0 Å². The molecule has 0 aliphatic carbocycles. The van der Waals surface area contributed by atoms with Gasteiger partial charge in [-0.25, -0.2) is 0 Å². The molecule has 5 nitrogen and oxygen atoms in total. The van der Waals surface area contributed by atoms with E-state index in [1.807, 2.05) is 0 Å². The number of hydrogen-bond donors (Lipinski definition) is 3. The SMILES string of the molecule is Cl.O=C(Nc1cccc(C(F)(F)F)c1)c1cccc(NC(=O)C2CCNC2)c1. The van der Waals surface area contributed by atoms with Crippen molar-refractivity contribution in [3.8, 4) is 0 Å². The molecule has 9 heteroatoms. The quantitative estimate of drug-likeness (QED) is 0.711. The summed E-state index contributed by atoms with van der Waals surface area (Å²) in [6.07, 6.45) is -3.73. The van der Waals surface area contributed by atoms with Gasteiger partial charge in [0.25, 0.3) is 5.91 Å². The Morgan fingerprint density at radius 1 is 1.00 bits per heavy atom. The van der Waals surface area contributed by atoms with Crippen LogP contribution in [0.15, 0.2) is 48.5 Å². The van der Waals surface area contributed by atoms with E-state index in [1.165, 1.54) is 24.3 Å². The lowest BCUT2D eigenvalue weighted by molar-refractivity contribution is -0.137. The minimum Gasteiger partial charge on any atom is -0.326 e. The lowest BCUT2D eigenvalue weighted by Gasteiger charge is -2.12. The summed E-state index contributed by atoms with van der Waals surface area (Å²) in [5.74, 6) is -0.809. The average Bonchev–Trinajstić information content (AvgIpc) is 3.16. The molecular weight excluding hydrogens is 395 g/mol. The van der Waals surface area contributed by atoms with Gasteiger partial charge in [0, 0.05) is 23.5 Å². The Hall–Kier alpha value is -2.58. The first-order valence-corrected chi connectivity index (χ1v) is 8.43. The third-order valence-electron chi connectivity index (χ3n) is 4.27. The lowest BCUT2D eigenvalue weighted by Crippen LogP contribution is -2.24. The second-order valence-corrected chi connectivity index (χ2v) is 6.29. The Labute approximate surface area is 166 Å². The molecule has 2 amide bonds. The number of rotatable bonds is 4. The maximum atomic E-state index is 12.8. The zero-order chi connectivity index (χ0) is 19.4. The van der Waals surface area contributed by atoms with Gasteiger partial charge in [-0.15, -0.1) is 12.4 Å². The minimum atomic E-state index is -4.49. The lowest BCUT2D eigenvalue weighted by atomic mass is 10.1. The van der Waals surface area contributed by atoms with Gasteiger partial charge in [-0.05, 0) is 49.4 Å². The van der Waals surface area contributed by atoms with Crippen LogP contribution < -0.4 is 16.0 Å². The molecule has 3 rings (SSSR count). The Balaban J connectivity index is 0.00000280. The Morgan fingerprint density at radius 2 is 1.68 bits per heavy atom. The summed E-state index contributed by atoms with van der Waals surface area (Å²) < 4.78 is 38.3.